The molecule has 5 N–H and O–H groups in total. The highest BCUT2D eigenvalue weighted by Gasteiger charge is 2.20. The number of aryl methyl sites for hydroxylation is 1. The van der Waals surface area contributed by atoms with Crippen LogP contribution in [0.4, 0.5) is 10.8 Å². The topological polar surface area (TPSA) is 104 Å². The Labute approximate surface area is 162 Å². The minimum absolute atomic E-state index is 0.359. The van der Waals surface area contributed by atoms with Gasteiger partial charge in [0.2, 0.25) is 0 Å². The third-order valence-electron chi connectivity index (χ3n) is 5.11. The molecule has 142 valence electrons. The molecule has 0 saturated carbocycles. The SMILES string of the molecule is NC(=O)c1csc(N2CCN(CCCc3ccc4[nH]cc(N)c4c3)CC2)n1. The first-order valence-electron chi connectivity index (χ1n) is 9.18. The normalized spacial score (nSPS) is 15.5. The third-order valence-corrected chi connectivity index (χ3v) is 6.01. The molecule has 3 aromatic rings. The smallest absolute Gasteiger partial charge is 0.268 e. The Balaban J connectivity index is 1.25. The first-order chi connectivity index (χ1) is 13.1. The van der Waals surface area contributed by atoms with Crippen LogP contribution in [0.25, 0.3) is 10.9 Å². The number of rotatable bonds is 6. The highest BCUT2D eigenvalue weighted by molar-refractivity contribution is 7.13. The number of hydrogen-bond acceptors (Lipinski definition) is 6. The molecule has 0 radical (unpaired) electrons. The number of nitrogens with two attached hydrogens (primary N) is 2. The number of aromatic nitrogens is 2. The quantitative estimate of drug-likeness (QED) is 0.603. The number of fused-ring (bicyclic) bond motifs is 1. The Morgan fingerprint density at radius 1 is 1.26 bits per heavy atom. The summed E-state index contributed by atoms with van der Waals surface area (Å²) in [4.78, 5) is 23.4. The van der Waals surface area contributed by atoms with Crippen molar-refractivity contribution in [3.8, 4) is 0 Å². The molecule has 0 aliphatic carbocycles. The molecule has 3 heterocycles. The van der Waals surface area contributed by atoms with Crippen molar-refractivity contribution in [3.63, 3.8) is 0 Å². The largest absolute Gasteiger partial charge is 0.397 e. The molecule has 1 amide bonds. The summed E-state index contributed by atoms with van der Waals surface area (Å²) >= 11 is 1.49. The molecule has 1 aromatic carbocycles. The summed E-state index contributed by atoms with van der Waals surface area (Å²) in [5.74, 6) is -0.462. The van der Waals surface area contributed by atoms with E-state index in [1.807, 2.05) is 6.20 Å². The first-order valence-corrected chi connectivity index (χ1v) is 10.1. The predicted octanol–water partition coefficient (Wildman–Crippen LogP) is 2.06. The zero-order valence-electron chi connectivity index (χ0n) is 15.1. The number of nitrogens with one attached hydrogen (secondary N) is 1. The molecule has 1 aliphatic heterocycles. The predicted molar refractivity (Wildman–Crippen MR) is 110 cm³/mol. The monoisotopic (exact) mass is 384 g/mol. The van der Waals surface area contributed by atoms with Gasteiger partial charge in [0.15, 0.2) is 5.13 Å². The Hall–Kier alpha value is -2.58. The van der Waals surface area contributed by atoms with Gasteiger partial charge in [0.1, 0.15) is 5.69 Å². The van der Waals surface area contributed by atoms with Crippen molar-refractivity contribution in [2.24, 2.45) is 5.73 Å². The molecule has 1 aliphatic rings. The van der Waals surface area contributed by atoms with Crippen LogP contribution in [0.15, 0.2) is 29.8 Å². The molecule has 0 spiro atoms. The summed E-state index contributed by atoms with van der Waals surface area (Å²) in [6.07, 6.45) is 4.02. The summed E-state index contributed by atoms with van der Waals surface area (Å²) in [6.45, 7) is 4.96. The molecule has 1 saturated heterocycles. The molecule has 1 fully saturated rings. The van der Waals surface area contributed by atoms with Crippen molar-refractivity contribution < 1.29 is 4.79 Å². The van der Waals surface area contributed by atoms with Gasteiger partial charge in [0, 0.05) is 48.7 Å². The highest BCUT2D eigenvalue weighted by Crippen LogP contribution is 2.23. The standard InChI is InChI=1S/C19H24N6OS/c20-15-11-22-16-4-3-13(10-14(15)16)2-1-5-24-6-8-25(9-7-24)19-23-17(12-27-19)18(21)26/h3-4,10-12,22H,1-2,5-9,20H2,(H2,21,26). The van der Waals surface area contributed by atoms with Gasteiger partial charge < -0.3 is 21.4 Å². The molecular formula is C19H24N6OS. The van der Waals surface area contributed by atoms with Crippen molar-refractivity contribution in [1.29, 1.82) is 0 Å². The maximum absolute atomic E-state index is 11.2. The lowest BCUT2D eigenvalue weighted by Gasteiger charge is -2.34. The van der Waals surface area contributed by atoms with Crippen LogP contribution in [-0.4, -0.2) is 53.5 Å². The van der Waals surface area contributed by atoms with Gasteiger partial charge in [-0.25, -0.2) is 4.98 Å². The summed E-state index contributed by atoms with van der Waals surface area (Å²) in [6, 6.07) is 6.47. The van der Waals surface area contributed by atoms with Crippen LogP contribution in [0.3, 0.4) is 0 Å². The zero-order chi connectivity index (χ0) is 18.8. The van der Waals surface area contributed by atoms with Crippen molar-refractivity contribution in [3.05, 3.63) is 41.0 Å². The van der Waals surface area contributed by atoms with Crippen molar-refractivity contribution >= 4 is 39.0 Å². The third kappa shape index (κ3) is 3.91. The number of benzene rings is 1. The van der Waals surface area contributed by atoms with Crippen molar-refractivity contribution in [1.82, 2.24) is 14.9 Å². The minimum Gasteiger partial charge on any atom is -0.397 e. The van der Waals surface area contributed by atoms with E-state index in [0.29, 0.717) is 5.69 Å². The lowest BCUT2D eigenvalue weighted by atomic mass is 10.1. The van der Waals surface area contributed by atoms with Crippen LogP contribution in [0.5, 0.6) is 0 Å². The van der Waals surface area contributed by atoms with Crippen molar-refractivity contribution in [2.45, 2.75) is 12.8 Å². The number of carbonyl (C=O) groups excluding carboxylic acids is 1. The Morgan fingerprint density at radius 2 is 2.07 bits per heavy atom. The van der Waals surface area contributed by atoms with E-state index in [0.717, 1.165) is 67.3 Å². The van der Waals surface area contributed by atoms with Crippen molar-refractivity contribution in [2.75, 3.05) is 43.4 Å². The van der Waals surface area contributed by atoms with Gasteiger partial charge in [0.25, 0.3) is 5.91 Å². The second-order valence-electron chi connectivity index (χ2n) is 6.94. The maximum atomic E-state index is 11.2. The van der Waals surface area contributed by atoms with Gasteiger partial charge in [-0.1, -0.05) is 6.07 Å². The molecule has 0 bridgehead atoms. The number of carbonyl (C=O) groups is 1. The second-order valence-corrected chi connectivity index (χ2v) is 7.77. The van der Waals surface area contributed by atoms with E-state index in [9.17, 15) is 4.79 Å². The fraction of sp³-hybridized carbons (Fsp3) is 0.368. The van der Waals surface area contributed by atoms with Crippen LogP contribution in [0.2, 0.25) is 0 Å². The summed E-state index contributed by atoms with van der Waals surface area (Å²) in [7, 11) is 0. The Morgan fingerprint density at radius 3 is 2.81 bits per heavy atom. The molecule has 4 rings (SSSR count). The summed E-state index contributed by atoms with van der Waals surface area (Å²) < 4.78 is 0. The number of amides is 1. The number of nitrogen functional groups attached to an aromatic ring is 1. The van der Waals surface area contributed by atoms with E-state index in [4.69, 9.17) is 11.5 Å². The average Bonchev–Trinajstić information content (AvgIpc) is 3.30. The highest BCUT2D eigenvalue weighted by atomic mass is 32.1. The molecular weight excluding hydrogens is 360 g/mol. The Kier molecular flexibility index (Phi) is 5.00. The van der Waals surface area contributed by atoms with Crippen LogP contribution < -0.4 is 16.4 Å². The number of anilines is 2. The lowest BCUT2D eigenvalue weighted by molar-refractivity contribution is 0.0996. The van der Waals surface area contributed by atoms with Gasteiger partial charge in [0.05, 0.1) is 5.69 Å². The fourth-order valence-electron chi connectivity index (χ4n) is 3.54. The average molecular weight is 385 g/mol. The fourth-order valence-corrected chi connectivity index (χ4v) is 4.41. The number of hydrogen-bond donors (Lipinski definition) is 3. The number of nitrogens with zero attached hydrogens (tertiary/aromatic N) is 3. The maximum Gasteiger partial charge on any atom is 0.268 e. The lowest BCUT2D eigenvalue weighted by Crippen LogP contribution is -2.46. The number of aromatic amines is 1. The molecule has 7 nitrogen and oxygen atoms in total. The van der Waals surface area contributed by atoms with Gasteiger partial charge in [-0.15, -0.1) is 11.3 Å². The van der Waals surface area contributed by atoms with E-state index >= 15 is 0 Å². The van der Waals surface area contributed by atoms with Gasteiger partial charge in [-0.3, -0.25) is 9.69 Å². The first kappa shape index (κ1) is 17.8. The number of H-pyrrole nitrogens is 1. The van der Waals surface area contributed by atoms with Gasteiger partial charge in [-0.05, 0) is 37.1 Å². The number of piperazine rings is 1. The second kappa shape index (κ2) is 7.58. The number of primary amides is 1. The number of thiazole rings is 1. The Bertz CT molecular complexity index is 941. The van der Waals surface area contributed by atoms with Gasteiger partial charge in [-0.2, -0.15) is 0 Å². The molecule has 8 heteroatoms. The summed E-state index contributed by atoms with van der Waals surface area (Å²) in [5, 5.41) is 3.73. The van der Waals surface area contributed by atoms with E-state index in [1.54, 1.807) is 5.38 Å². The molecule has 27 heavy (non-hydrogen) atoms. The van der Waals surface area contributed by atoms with Gasteiger partial charge >= 0.3 is 0 Å². The van der Waals surface area contributed by atoms with E-state index < -0.39 is 5.91 Å². The van der Waals surface area contributed by atoms with Crippen LogP contribution in [-0.2, 0) is 6.42 Å². The molecule has 0 unspecified atom stereocenters. The summed E-state index contributed by atoms with van der Waals surface area (Å²) in [5.41, 5.74) is 14.9. The van der Waals surface area contributed by atoms with E-state index in [-0.39, 0.29) is 0 Å². The zero-order valence-corrected chi connectivity index (χ0v) is 16.0. The van der Waals surface area contributed by atoms with Crippen LogP contribution in [0.1, 0.15) is 22.5 Å². The molecule has 0 atom stereocenters. The van der Waals surface area contributed by atoms with Crippen LogP contribution in [0, 0.1) is 0 Å². The van der Waals surface area contributed by atoms with Crippen LogP contribution >= 0.6 is 11.3 Å². The minimum atomic E-state index is -0.462. The van der Waals surface area contributed by atoms with E-state index in [2.05, 4.69) is 38.0 Å². The molecule has 2 aromatic heterocycles. The van der Waals surface area contributed by atoms with E-state index in [1.165, 1.54) is 16.9 Å².